The Kier molecular flexibility index (Phi) is 14.2. The van der Waals surface area contributed by atoms with Gasteiger partial charge in [0, 0.05) is 64.3 Å². The molecule has 0 aromatic carbocycles. The van der Waals surface area contributed by atoms with Crippen LogP contribution in [0.2, 0.25) is 0 Å². The minimum atomic E-state index is -0.708. The summed E-state index contributed by atoms with van der Waals surface area (Å²) in [6, 6.07) is -0.102. The first-order valence-corrected chi connectivity index (χ1v) is 11.6. The quantitative estimate of drug-likeness (QED) is 0.152. The molecule has 0 aromatic rings. The van der Waals surface area contributed by atoms with Crippen molar-refractivity contribution in [2.45, 2.75) is 45.3 Å². The van der Waals surface area contributed by atoms with Crippen LogP contribution in [0.1, 0.15) is 33.1 Å². The van der Waals surface area contributed by atoms with Gasteiger partial charge in [-0.05, 0) is 20.3 Å². The van der Waals surface area contributed by atoms with Crippen LogP contribution < -0.4 is 21.3 Å². The van der Waals surface area contributed by atoms with E-state index < -0.39 is 30.1 Å². The molecule has 0 saturated carbocycles. The van der Waals surface area contributed by atoms with E-state index in [1.807, 2.05) is 0 Å². The fourth-order valence-corrected chi connectivity index (χ4v) is 2.76. The van der Waals surface area contributed by atoms with Gasteiger partial charge < -0.3 is 35.5 Å². The van der Waals surface area contributed by atoms with Crippen LogP contribution in [0.5, 0.6) is 0 Å². The highest BCUT2D eigenvalue weighted by Gasteiger charge is 2.23. The van der Waals surface area contributed by atoms with E-state index in [4.69, 9.17) is 14.2 Å². The Labute approximate surface area is 209 Å². The van der Waals surface area contributed by atoms with Gasteiger partial charge in [-0.25, -0.2) is 9.59 Å². The van der Waals surface area contributed by atoms with E-state index in [0.717, 1.165) is 17.1 Å². The minimum absolute atomic E-state index is 0.00848. The van der Waals surface area contributed by atoms with E-state index in [-0.39, 0.29) is 70.2 Å². The molecule has 36 heavy (non-hydrogen) atoms. The molecule has 202 valence electrons. The molecule has 1 aliphatic heterocycles. The van der Waals surface area contributed by atoms with Crippen molar-refractivity contribution in [1.82, 2.24) is 26.2 Å². The van der Waals surface area contributed by atoms with Crippen molar-refractivity contribution in [1.29, 1.82) is 0 Å². The second-order valence-corrected chi connectivity index (χ2v) is 7.95. The van der Waals surface area contributed by atoms with Crippen LogP contribution in [0.25, 0.3) is 0 Å². The summed E-state index contributed by atoms with van der Waals surface area (Å²) in [6.45, 7) is 3.82. The van der Waals surface area contributed by atoms with Gasteiger partial charge in [0.1, 0.15) is 19.3 Å². The number of imide groups is 1. The summed E-state index contributed by atoms with van der Waals surface area (Å²) in [5, 5.41) is 10.1. The van der Waals surface area contributed by atoms with E-state index in [0.29, 0.717) is 6.42 Å². The van der Waals surface area contributed by atoms with Crippen molar-refractivity contribution in [2.75, 3.05) is 46.5 Å². The van der Waals surface area contributed by atoms with E-state index in [1.165, 1.54) is 7.05 Å². The Bertz CT molecular complexity index is 798. The molecule has 1 heterocycles. The molecule has 0 aliphatic carbocycles. The number of nitrogens with one attached hydrogen (secondary N) is 4. The highest BCUT2D eigenvalue weighted by Crippen LogP contribution is 2.04. The van der Waals surface area contributed by atoms with Crippen molar-refractivity contribution in [3.8, 4) is 0 Å². The zero-order valence-corrected chi connectivity index (χ0v) is 20.8. The summed E-state index contributed by atoms with van der Waals surface area (Å²) in [5.74, 6) is -1.49. The van der Waals surface area contributed by atoms with Gasteiger partial charge in [-0.15, -0.1) is 0 Å². The highest BCUT2D eigenvalue weighted by atomic mass is 16.6. The Morgan fingerprint density at radius 2 is 1.44 bits per heavy atom. The maximum absolute atomic E-state index is 12.0. The summed E-state index contributed by atoms with van der Waals surface area (Å²) < 4.78 is 15.6. The molecule has 14 nitrogen and oxygen atoms in total. The maximum atomic E-state index is 12.0. The molecule has 1 rings (SSSR count). The molecule has 0 fully saturated rings. The first-order chi connectivity index (χ1) is 17.1. The Morgan fingerprint density at radius 1 is 0.889 bits per heavy atom. The van der Waals surface area contributed by atoms with Gasteiger partial charge in [0.25, 0.3) is 11.8 Å². The monoisotopic (exact) mass is 513 g/mol. The molecule has 1 aliphatic rings. The molecule has 0 bridgehead atoms. The zero-order chi connectivity index (χ0) is 26.9. The smallest absolute Gasteiger partial charge is 0.407 e. The number of hydrogen-bond donors (Lipinski definition) is 4. The standard InChI is InChI=1S/C22H35N5O9/c1-15(2)26-22(33)36-14-16(13-35-21(32)23-3)34-12-4-5-17(28)24-9-10-25-18(29)8-11-27-19(30)6-7-20(27)31/h6-7,15-16H,4-5,8-14H2,1-3H3,(H,23,32)(H,24,28)(H,25,29)(H,26,33). The average molecular weight is 514 g/mol. The van der Waals surface area contributed by atoms with Crippen LogP contribution in [0.4, 0.5) is 9.59 Å². The van der Waals surface area contributed by atoms with Gasteiger partial charge in [0.15, 0.2) is 0 Å². The van der Waals surface area contributed by atoms with Crippen LogP contribution in [0.3, 0.4) is 0 Å². The zero-order valence-electron chi connectivity index (χ0n) is 20.8. The Morgan fingerprint density at radius 3 is 2.00 bits per heavy atom. The molecule has 0 saturated heterocycles. The first-order valence-electron chi connectivity index (χ1n) is 11.6. The summed E-state index contributed by atoms with van der Waals surface area (Å²) >= 11 is 0. The van der Waals surface area contributed by atoms with Gasteiger partial charge >= 0.3 is 12.2 Å². The van der Waals surface area contributed by atoms with Crippen LogP contribution in [-0.4, -0.2) is 99.4 Å². The van der Waals surface area contributed by atoms with Gasteiger partial charge in [0.05, 0.1) is 0 Å². The lowest BCUT2D eigenvalue weighted by molar-refractivity contribution is -0.137. The fourth-order valence-electron chi connectivity index (χ4n) is 2.76. The predicted octanol–water partition coefficient (Wildman–Crippen LogP) is -0.810. The number of rotatable bonds is 16. The second-order valence-electron chi connectivity index (χ2n) is 7.95. The number of hydrogen-bond acceptors (Lipinski definition) is 9. The Hall–Kier alpha value is -3.68. The van der Waals surface area contributed by atoms with Crippen LogP contribution in [0.15, 0.2) is 12.2 Å². The minimum Gasteiger partial charge on any atom is -0.447 e. The van der Waals surface area contributed by atoms with Crippen molar-refractivity contribution < 1.29 is 43.0 Å². The predicted molar refractivity (Wildman–Crippen MR) is 125 cm³/mol. The molecular formula is C22H35N5O9. The van der Waals surface area contributed by atoms with E-state index >= 15 is 0 Å². The van der Waals surface area contributed by atoms with E-state index in [1.54, 1.807) is 13.8 Å². The lowest BCUT2D eigenvalue weighted by atomic mass is 10.3. The molecule has 14 heteroatoms. The number of ether oxygens (including phenoxy) is 3. The second kappa shape index (κ2) is 16.9. The van der Waals surface area contributed by atoms with Gasteiger partial charge in [-0.2, -0.15) is 0 Å². The summed E-state index contributed by atoms with van der Waals surface area (Å²) in [7, 11) is 1.41. The third-order valence-corrected chi connectivity index (χ3v) is 4.55. The van der Waals surface area contributed by atoms with Gasteiger partial charge in [-0.1, -0.05) is 0 Å². The molecule has 1 unspecified atom stereocenters. The average Bonchev–Trinajstić information content (AvgIpc) is 3.15. The molecule has 4 N–H and O–H groups in total. The van der Waals surface area contributed by atoms with Crippen molar-refractivity contribution in [3.63, 3.8) is 0 Å². The van der Waals surface area contributed by atoms with Crippen LogP contribution >= 0.6 is 0 Å². The summed E-state index contributed by atoms with van der Waals surface area (Å²) in [6.07, 6.45) is 0.797. The number of carbonyl (C=O) groups is 6. The number of nitrogens with zero attached hydrogens (tertiary/aromatic N) is 1. The van der Waals surface area contributed by atoms with Crippen molar-refractivity contribution >= 4 is 35.8 Å². The fraction of sp³-hybridized carbons (Fsp3) is 0.636. The number of alkyl carbamates (subject to hydrolysis) is 2. The molecule has 1 atom stereocenters. The van der Waals surface area contributed by atoms with Crippen molar-refractivity contribution in [3.05, 3.63) is 12.2 Å². The van der Waals surface area contributed by atoms with Gasteiger partial charge in [0.2, 0.25) is 11.8 Å². The molecule has 0 radical (unpaired) electrons. The Balaban J connectivity index is 2.19. The summed E-state index contributed by atoms with van der Waals surface area (Å²) in [4.78, 5) is 70.5. The molecular weight excluding hydrogens is 478 g/mol. The number of amides is 6. The van der Waals surface area contributed by atoms with Gasteiger partial charge in [-0.3, -0.25) is 24.1 Å². The third kappa shape index (κ3) is 13.3. The molecule has 0 aromatic heterocycles. The molecule has 6 amide bonds. The first kappa shape index (κ1) is 30.4. The van der Waals surface area contributed by atoms with E-state index in [9.17, 15) is 28.8 Å². The van der Waals surface area contributed by atoms with Crippen molar-refractivity contribution in [2.24, 2.45) is 0 Å². The SMILES string of the molecule is CNC(=O)OCC(COC(=O)NC(C)C)OCCCC(=O)NCCNC(=O)CCN1C(=O)C=CC1=O. The lowest BCUT2D eigenvalue weighted by Crippen LogP contribution is -2.37. The van der Waals surface area contributed by atoms with Crippen LogP contribution in [0, 0.1) is 0 Å². The summed E-state index contributed by atoms with van der Waals surface area (Å²) in [5.41, 5.74) is 0. The molecule has 0 spiro atoms. The topological polar surface area (TPSA) is 181 Å². The largest absolute Gasteiger partial charge is 0.447 e. The lowest BCUT2D eigenvalue weighted by Gasteiger charge is -2.18. The van der Waals surface area contributed by atoms with E-state index in [2.05, 4.69) is 21.3 Å². The number of carbonyl (C=O) groups excluding carboxylic acids is 6. The highest BCUT2D eigenvalue weighted by molar-refractivity contribution is 6.13. The van der Waals surface area contributed by atoms with Crippen LogP contribution in [-0.2, 0) is 33.4 Å². The third-order valence-electron chi connectivity index (χ3n) is 4.55. The normalized spacial score (nSPS) is 13.4. The maximum Gasteiger partial charge on any atom is 0.407 e.